The van der Waals surface area contributed by atoms with Gasteiger partial charge in [-0.15, -0.1) is 0 Å². The summed E-state index contributed by atoms with van der Waals surface area (Å²) < 4.78 is 13.0. The first kappa shape index (κ1) is 10.2. The second kappa shape index (κ2) is 4.36. The lowest BCUT2D eigenvalue weighted by Crippen LogP contribution is -2.04. The van der Waals surface area contributed by atoms with Crippen LogP contribution in [0, 0.1) is 5.82 Å². The van der Waals surface area contributed by atoms with Gasteiger partial charge in [0.25, 0.3) is 0 Å². The summed E-state index contributed by atoms with van der Waals surface area (Å²) >= 11 is 0. The number of rotatable bonds is 3. The topological polar surface area (TPSA) is 52.6 Å². The van der Waals surface area contributed by atoms with E-state index in [1.807, 2.05) is 0 Å². The predicted octanol–water partition coefficient (Wildman–Crippen LogP) is 1.50. The highest BCUT2D eigenvalue weighted by Crippen LogP contribution is 2.17. The minimum Gasteiger partial charge on any atom is -0.298 e. The largest absolute Gasteiger partial charge is 0.352 e. The van der Waals surface area contributed by atoms with Gasteiger partial charge >= 0.3 is 5.97 Å². The van der Waals surface area contributed by atoms with Crippen LogP contribution in [-0.2, 0) is 9.68 Å². The summed E-state index contributed by atoms with van der Waals surface area (Å²) in [5, 5.41) is 0. The molecule has 0 amide bonds. The summed E-state index contributed by atoms with van der Waals surface area (Å²) in [6.07, 6.45) is 0.499. The number of halogens is 1. The minimum atomic E-state index is -0.768. The Bertz CT molecular complexity index is 362. The monoisotopic (exact) mass is 198 g/mol. The summed E-state index contributed by atoms with van der Waals surface area (Å²) in [5.41, 5.74) is 0.178. The summed E-state index contributed by atoms with van der Waals surface area (Å²) in [6, 6.07) is 3.52. The molecule has 5 heteroatoms. The maximum absolute atomic E-state index is 13.0. The molecule has 0 atom stereocenters. The Morgan fingerprint density at radius 1 is 1.50 bits per heavy atom. The molecule has 14 heavy (non-hydrogen) atoms. The van der Waals surface area contributed by atoms with E-state index in [0.717, 1.165) is 13.0 Å². The van der Waals surface area contributed by atoms with Crippen molar-refractivity contribution in [1.29, 1.82) is 0 Å². The van der Waals surface area contributed by atoms with Crippen LogP contribution >= 0.6 is 0 Å². The van der Waals surface area contributed by atoms with Crippen LogP contribution in [0.5, 0.6) is 5.75 Å². The Morgan fingerprint density at radius 3 is 2.71 bits per heavy atom. The fourth-order valence-corrected chi connectivity index (χ4v) is 0.762. The quantitative estimate of drug-likeness (QED) is 0.419. The van der Waals surface area contributed by atoms with Gasteiger partial charge in [-0.3, -0.25) is 14.6 Å². The van der Waals surface area contributed by atoms with Crippen LogP contribution in [0.4, 0.5) is 4.39 Å². The van der Waals surface area contributed by atoms with Gasteiger partial charge in [-0.25, -0.2) is 9.18 Å². The Balaban J connectivity index is 2.78. The summed E-state index contributed by atoms with van der Waals surface area (Å²) in [5.74, 6) is -1.70. The average Bonchev–Trinajstić information content (AvgIpc) is 2.15. The highest BCUT2D eigenvalue weighted by atomic mass is 19.1. The van der Waals surface area contributed by atoms with Crippen LogP contribution in [0.15, 0.2) is 18.2 Å². The maximum Gasteiger partial charge on any atom is 0.352 e. The molecule has 0 spiro atoms. The van der Waals surface area contributed by atoms with E-state index in [1.54, 1.807) is 0 Å². The Labute approximate surface area is 79.2 Å². The normalized spacial score (nSPS) is 9.29. The molecule has 0 saturated carbocycles. The minimum absolute atomic E-state index is 0.178. The van der Waals surface area contributed by atoms with E-state index in [9.17, 15) is 14.0 Å². The van der Waals surface area contributed by atoms with Crippen molar-refractivity contribution in [3.63, 3.8) is 0 Å². The van der Waals surface area contributed by atoms with Crippen LogP contribution < -0.4 is 4.89 Å². The Kier molecular flexibility index (Phi) is 3.17. The van der Waals surface area contributed by atoms with Crippen molar-refractivity contribution in [3.8, 4) is 5.75 Å². The van der Waals surface area contributed by atoms with Crippen LogP contribution in [0.25, 0.3) is 0 Å². The van der Waals surface area contributed by atoms with E-state index in [4.69, 9.17) is 0 Å². The number of carbonyl (C=O) groups is 2. The molecule has 0 N–H and O–H groups in total. The smallest absolute Gasteiger partial charge is 0.298 e. The van der Waals surface area contributed by atoms with Gasteiger partial charge in [-0.1, -0.05) is 0 Å². The van der Waals surface area contributed by atoms with Crippen molar-refractivity contribution in [2.75, 3.05) is 0 Å². The molecule has 1 aromatic rings. The molecule has 0 fully saturated rings. The van der Waals surface area contributed by atoms with Gasteiger partial charge in [0.15, 0.2) is 5.82 Å². The van der Waals surface area contributed by atoms with Crippen molar-refractivity contribution in [3.05, 3.63) is 29.6 Å². The first-order valence-electron chi connectivity index (χ1n) is 3.73. The zero-order chi connectivity index (χ0) is 10.6. The Hall–Kier alpha value is -1.91. The second-order valence-corrected chi connectivity index (χ2v) is 2.47. The fraction of sp³-hybridized carbons (Fsp3) is 0.111. The lowest BCUT2D eigenvalue weighted by Gasteiger charge is -2.02. The maximum atomic E-state index is 13.0. The Morgan fingerprint density at radius 2 is 2.21 bits per heavy atom. The molecule has 0 saturated heterocycles. The van der Waals surface area contributed by atoms with E-state index in [2.05, 4.69) is 9.78 Å². The summed E-state index contributed by atoms with van der Waals surface area (Å²) in [6.45, 7) is 1.12. The zero-order valence-corrected chi connectivity index (χ0v) is 7.32. The molecule has 0 heterocycles. The second-order valence-electron chi connectivity index (χ2n) is 2.47. The number of hydrogen-bond acceptors (Lipinski definition) is 4. The van der Waals surface area contributed by atoms with Crippen molar-refractivity contribution < 1.29 is 23.8 Å². The van der Waals surface area contributed by atoms with E-state index in [1.165, 1.54) is 12.1 Å². The number of carbonyl (C=O) groups excluding carboxylic acids is 2. The van der Waals surface area contributed by atoms with Gasteiger partial charge in [-0.2, -0.15) is 0 Å². The molecule has 0 aliphatic rings. The van der Waals surface area contributed by atoms with E-state index in [0.29, 0.717) is 6.29 Å². The van der Waals surface area contributed by atoms with Gasteiger partial charge in [0.1, 0.15) is 6.29 Å². The van der Waals surface area contributed by atoms with E-state index >= 15 is 0 Å². The van der Waals surface area contributed by atoms with Crippen molar-refractivity contribution in [2.45, 2.75) is 6.92 Å². The molecule has 0 aliphatic carbocycles. The molecule has 0 unspecified atom stereocenters. The van der Waals surface area contributed by atoms with Crippen LogP contribution in [0.3, 0.4) is 0 Å². The first-order valence-corrected chi connectivity index (χ1v) is 3.73. The zero-order valence-electron chi connectivity index (χ0n) is 7.32. The number of hydrogen-bond donors (Lipinski definition) is 0. The first-order chi connectivity index (χ1) is 6.63. The van der Waals surface area contributed by atoms with Crippen LogP contribution in [-0.4, -0.2) is 12.3 Å². The van der Waals surface area contributed by atoms with E-state index < -0.39 is 11.8 Å². The van der Waals surface area contributed by atoms with E-state index in [-0.39, 0.29) is 11.3 Å². The lowest BCUT2D eigenvalue weighted by atomic mass is 10.2. The molecule has 1 aromatic carbocycles. The third kappa shape index (κ3) is 2.55. The number of aldehydes is 1. The SMILES string of the molecule is CC(=O)OOc1ccc(C=O)cc1F. The van der Waals surface area contributed by atoms with Gasteiger partial charge in [0.05, 0.1) is 0 Å². The third-order valence-corrected chi connectivity index (χ3v) is 1.34. The lowest BCUT2D eigenvalue weighted by molar-refractivity contribution is -0.211. The summed E-state index contributed by atoms with van der Waals surface area (Å²) in [4.78, 5) is 29.0. The molecular weight excluding hydrogens is 191 g/mol. The molecular formula is C9H7FO4. The fourth-order valence-electron chi connectivity index (χ4n) is 0.762. The van der Waals surface area contributed by atoms with Gasteiger partial charge in [-0.05, 0) is 18.2 Å². The van der Waals surface area contributed by atoms with Gasteiger partial charge < -0.3 is 0 Å². The molecule has 74 valence electrons. The molecule has 0 radical (unpaired) electrons. The molecule has 0 bridgehead atoms. The molecule has 0 aliphatic heterocycles. The molecule has 1 rings (SSSR count). The highest BCUT2D eigenvalue weighted by molar-refractivity contribution is 5.75. The average molecular weight is 198 g/mol. The summed E-state index contributed by atoms with van der Waals surface area (Å²) in [7, 11) is 0. The standard InChI is InChI=1S/C9H7FO4/c1-6(12)13-14-9-3-2-7(5-11)4-8(9)10/h2-5H,1H3. The predicted molar refractivity (Wildman–Crippen MR) is 44.2 cm³/mol. The van der Waals surface area contributed by atoms with Crippen molar-refractivity contribution >= 4 is 12.3 Å². The highest BCUT2D eigenvalue weighted by Gasteiger charge is 2.06. The van der Waals surface area contributed by atoms with Gasteiger partial charge in [0, 0.05) is 12.5 Å². The third-order valence-electron chi connectivity index (χ3n) is 1.34. The molecule has 0 aromatic heterocycles. The van der Waals surface area contributed by atoms with Crippen molar-refractivity contribution in [2.24, 2.45) is 0 Å². The van der Waals surface area contributed by atoms with Gasteiger partial charge in [0.2, 0.25) is 5.75 Å². The molecule has 4 nitrogen and oxygen atoms in total. The van der Waals surface area contributed by atoms with Crippen LogP contribution in [0.2, 0.25) is 0 Å². The number of benzene rings is 1. The van der Waals surface area contributed by atoms with Crippen LogP contribution in [0.1, 0.15) is 17.3 Å². The van der Waals surface area contributed by atoms with Crippen molar-refractivity contribution in [1.82, 2.24) is 0 Å².